The monoisotopic (exact) mass is 250 g/mol. The molecule has 0 atom stereocenters. The lowest BCUT2D eigenvalue weighted by atomic mass is 9.99. The number of para-hydroxylation sites is 1. The maximum Gasteiger partial charge on any atom is 0.148 e. The summed E-state index contributed by atoms with van der Waals surface area (Å²) in [6.45, 7) is 5.62. The van der Waals surface area contributed by atoms with Gasteiger partial charge in [0.05, 0.1) is 5.57 Å². The molecule has 0 aliphatic heterocycles. The number of allylic oxidation sites excluding steroid dienone is 2. The molecule has 0 spiro atoms. The highest BCUT2D eigenvalue weighted by Crippen LogP contribution is 2.28. The van der Waals surface area contributed by atoms with E-state index >= 15 is 0 Å². The van der Waals surface area contributed by atoms with Gasteiger partial charge in [0, 0.05) is 24.3 Å². The predicted molar refractivity (Wildman–Crippen MR) is 73.8 cm³/mol. The molecule has 0 unspecified atom stereocenters. The molecular formula is C15H14N4. The Morgan fingerprint density at radius 3 is 2.05 bits per heavy atom. The van der Waals surface area contributed by atoms with E-state index < -0.39 is 0 Å². The lowest BCUT2D eigenvalue weighted by molar-refractivity contribution is 0.865. The van der Waals surface area contributed by atoms with E-state index in [9.17, 15) is 5.26 Å². The summed E-state index contributed by atoms with van der Waals surface area (Å²) in [4.78, 5) is 2.08. The molecule has 0 radical (unpaired) electrons. The highest BCUT2D eigenvalue weighted by Gasteiger charge is 2.15. The predicted octanol–water partition coefficient (Wildman–Crippen LogP) is 2.86. The first-order valence-corrected chi connectivity index (χ1v) is 6.02. The van der Waals surface area contributed by atoms with Crippen LogP contribution in [-0.2, 0) is 0 Å². The average molecular weight is 250 g/mol. The van der Waals surface area contributed by atoms with Gasteiger partial charge in [0.25, 0.3) is 0 Å². The molecule has 94 valence electrons. The molecule has 19 heavy (non-hydrogen) atoms. The Hall–Kier alpha value is -2.77. The Morgan fingerprint density at radius 2 is 1.58 bits per heavy atom. The van der Waals surface area contributed by atoms with Crippen LogP contribution in [0.15, 0.2) is 29.8 Å². The molecule has 1 aromatic carbocycles. The molecule has 0 heterocycles. The normalized spacial score (nSPS) is 8.79. The van der Waals surface area contributed by atoms with Crippen molar-refractivity contribution in [1.82, 2.24) is 0 Å². The van der Waals surface area contributed by atoms with Crippen molar-refractivity contribution in [3.05, 3.63) is 35.4 Å². The molecule has 0 saturated carbocycles. The summed E-state index contributed by atoms with van der Waals surface area (Å²) in [6, 6.07) is 12.9. The standard InChI is InChI=1S/C15H14N4/c1-3-19(4-2)15-8-6-5-7-13(15)14(11-18)12(9-16)10-17/h5-8H,3-4H2,1-2H3. The summed E-state index contributed by atoms with van der Waals surface area (Å²) in [6.07, 6.45) is 0. The van der Waals surface area contributed by atoms with Crippen molar-refractivity contribution in [2.45, 2.75) is 13.8 Å². The van der Waals surface area contributed by atoms with Crippen LogP contribution >= 0.6 is 0 Å². The first-order chi connectivity index (χ1) is 9.23. The van der Waals surface area contributed by atoms with E-state index in [4.69, 9.17) is 10.5 Å². The van der Waals surface area contributed by atoms with Gasteiger partial charge in [-0.15, -0.1) is 0 Å². The van der Waals surface area contributed by atoms with Gasteiger partial charge in [-0.3, -0.25) is 0 Å². The molecule has 0 bridgehead atoms. The summed E-state index contributed by atoms with van der Waals surface area (Å²) in [5.41, 5.74) is 1.48. The molecule has 0 amide bonds. The first kappa shape index (κ1) is 14.3. The van der Waals surface area contributed by atoms with E-state index in [1.807, 2.05) is 32.0 Å². The molecule has 1 aromatic rings. The van der Waals surface area contributed by atoms with Crippen LogP contribution in [0, 0.1) is 34.0 Å². The van der Waals surface area contributed by atoms with Gasteiger partial charge in [-0.05, 0) is 19.9 Å². The highest BCUT2D eigenvalue weighted by atomic mass is 15.1. The molecule has 4 nitrogen and oxygen atoms in total. The largest absolute Gasteiger partial charge is 0.372 e. The highest BCUT2D eigenvalue weighted by molar-refractivity contribution is 5.89. The number of benzene rings is 1. The van der Waals surface area contributed by atoms with E-state index in [-0.39, 0.29) is 11.1 Å². The molecule has 4 heteroatoms. The first-order valence-electron chi connectivity index (χ1n) is 6.02. The third-order valence-electron chi connectivity index (χ3n) is 2.86. The number of nitriles is 3. The zero-order valence-electron chi connectivity index (χ0n) is 11.0. The SMILES string of the molecule is CCN(CC)c1ccccc1C(C#N)=C(C#N)C#N. The second-order valence-electron chi connectivity index (χ2n) is 3.77. The molecule has 0 aromatic heterocycles. The van der Waals surface area contributed by atoms with E-state index in [0.29, 0.717) is 5.56 Å². The molecule has 0 fully saturated rings. The second kappa shape index (κ2) is 6.84. The van der Waals surface area contributed by atoms with Gasteiger partial charge in [-0.25, -0.2) is 0 Å². The number of hydrogen-bond acceptors (Lipinski definition) is 4. The third-order valence-corrected chi connectivity index (χ3v) is 2.86. The van der Waals surface area contributed by atoms with Crippen LogP contribution in [0.1, 0.15) is 19.4 Å². The molecule has 0 saturated heterocycles. The smallest absolute Gasteiger partial charge is 0.148 e. The Bertz CT molecular complexity index is 588. The molecule has 1 rings (SSSR count). The third kappa shape index (κ3) is 2.92. The van der Waals surface area contributed by atoms with Gasteiger partial charge < -0.3 is 4.90 Å². The maximum absolute atomic E-state index is 9.24. The topological polar surface area (TPSA) is 74.6 Å². The van der Waals surface area contributed by atoms with Gasteiger partial charge in [-0.2, -0.15) is 15.8 Å². The molecule has 0 N–H and O–H groups in total. The van der Waals surface area contributed by atoms with Crippen LogP contribution in [-0.4, -0.2) is 13.1 Å². The van der Waals surface area contributed by atoms with Gasteiger partial charge in [0.15, 0.2) is 0 Å². The zero-order valence-corrected chi connectivity index (χ0v) is 11.0. The lowest BCUT2D eigenvalue weighted by Gasteiger charge is -2.23. The minimum Gasteiger partial charge on any atom is -0.372 e. The summed E-state index contributed by atoms with van der Waals surface area (Å²) in [7, 11) is 0. The van der Waals surface area contributed by atoms with Crippen molar-refractivity contribution in [2.75, 3.05) is 18.0 Å². The van der Waals surface area contributed by atoms with Gasteiger partial charge in [0.1, 0.15) is 23.8 Å². The fourth-order valence-corrected chi connectivity index (χ4v) is 1.91. The lowest BCUT2D eigenvalue weighted by Crippen LogP contribution is -2.23. The molecule has 0 aliphatic carbocycles. The zero-order chi connectivity index (χ0) is 14.3. The Morgan fingerprint density at radius 1 is 1.00 bits per heavy atom. The number of anilines is 1. The summed E-state index contributed by atoms with van der Waals surface area (Å²) in [5, 5.41) is 27.1. The Kier molecular flexibility index (Phi) is 5.15. The minimum absolute atomic E-state index is 0.132. The van der Waals surface area contributed by atoms with E-state index in [0.717, 1.165) is 18.8 Å². The van der Waals surface area contributed by atoms with Crippen LogP contribution < -0.4 is 4.90 Å². The van der Waals surface area contributed by atoms with Gasteiger partial charge in [-0.1, -0.05) is 18.2 Å². The van der Waals surface area contributed by atoms with Crippen LogP contribution in [0.4, 0.5) is 5.69 Å². The molecular weight excluding hydrogens is 236 g/mol. The van der Waals surface area contributed by atoms with Gasteiger partial charge >= 0.3 is 0 Å². The van der Waals surface area contributed by atoms with Crippen molar-refractivity contribution in [2.24, 2.45) is 0 Å². The van der Waals surface area contributed by atoms with Crippen LogP contribution in [0.2, 0.25) is 0 Å². The number of hydrogen-bond donors (Lipinski definition) is 0. The van der Waals surface area contributed by atoms with Crippen LogP contribution in [0.25, 0.3) is 5.57 Å². The van der Waals surface area contributed by atoms with Crippen molar-refractivity contribution < 1.29 is 0 Å². The summed E-state index contributed by atoms with van der Waals surface area (Å²) in [5.74, 6) is 0. The Labute approximate surface area is 113 Å². The van der Waals surface area contributed by atoms with Crippen LogP contribution in [0.5, 0.6) is 0 Å². The maximum atomic E-state index is 9.24. The van der Waals surface area contributed by atoms with Crippen molar-refractivity contribution in [1.29, 1.82) is 15.8 Å². The summed E-state index contributed by atoms with van der Waals surface area (Å²) < 4.78 is 0. The molecule has 0 aliphatic rings. The van der Waals surface area contributed by atoms with E-state index in [1.165, 1.54) is 0 Å². The van der Waals surface area contributed by atoms with E-state index in [2.05, 4.69) is 4.90 Å². The Balaban J connectivity index is 3.53. The number of nitrogens with zero attached hydrogens (tertiary/aromatic N) is 4. The van der Waals surface area contributed by atoms with Crippen molar-refractivity contribution in [3.63, 3.8) is 0 Å². The fraction of sp³-hybridized carbons (Fsp3) is 0.267. The van der Waals surface area contributed by atoms with E-state index in [1.54, 1.807) is 24.3 Å². The summed E-state index contributed by atoms with van der Waals surface area (Å²) >= 11 is 0. The fourth-order valence-electron chi connectivity index (χ4n) is 1.91. The second-order valence-corrected chi connectivity index (χ2v) is 3.77. The van der Waals surface area contributed by atoms with Gasteiger partial charge in [0.2, 0.25) is 0 Å². The number of rotatable bonds is 4. The minimum atomic E-state index is -0.151. The van der Waals surface area contributed by atoms with Crippen molar-refractivity contribution in [3.8, 4) is 18.2 Å². The quantitative estimate of drug-likeness (QED) is 0.770. The van der Waals surface area contributed by atoms with Crippen LogP contribution in [0.3, 0.4) is 0 Å². The van der Waals surface area contributed by atoms with Crippen molar-refractivity contribution >= 4 is 11.3 Å². The average Bonchev–Trinajstić information content (AvgIpc) is 2.46.